The fourth-order valence-electron chi connectivity index (χ4n) is 1.74. The number of nitrogens with one attached hydrogen (secondary N) is 1. The zero-order valence-electron chi connectivity index (χ0n) is 10.5. The molecule has 1 aromatic heterocycles. The molecule has 0 spiro atoms. The molecule has 0 unspecified atom stereocenters. The van der Waals surface area contributed by atoms with E-state index >= 15 is 0 Å². The molecular weight excluding hydrogens is 304 g/mol. The molecule has 3 nitrogen and oxygen atoms in total. The fraction of sp³-hybridized carbons (Fsp3) is 0.200. The van der Waals surface area contributed by atoms with Crippen molar-refractivity contribution in [3.8, 4) is 0 Å². The van der Waals surface area contributed by atoms with E-state index in [1.807, 2.05) is 24.3 Å². The maximum Gasteiger partial charge on any atom is 0.269 e. The van der Waals surface area contributed by atoms with Crippen molar-refractivity contribution in [3.05, 3.63) is 64.4 Å². The van der Waals surface area contributed by atoms with Crippen molar-refractivity contribution in [2.45, 2.75) is 12.8 Å². The lowest BCUT2D eigenvalue weighted by atomic mass is 10.1. The van der Waals surface area contributed by atoms with E-state index in [0.29, 0.717) is 12.2 Å². The predicted octanol–water partition coefficient (Wildman–Crippen LogP) is 3.21. The number of hydrogen-bond donors (Lipinski definition) is 1. The molecule has 1 N–H and O–H groups in total. The number of hydrogen-bond acceptors (Lipinski definition) is 2. The quantitative estimate of drug-likeness (QED) is 0.860. The molecule has 19 heavy (non-hydrogen) atoms. The Morgan fingerprint density at radius 1 is 1.16 bits per heavy atom. The minimum absolute atomic E-state index is 0.124. The van der Waals surface area contributed by atoms with E-state index in [9.17, 15) is 4.79 Å². The van der Waals surface area contributed by atoms with Crippen molar-refractivity contribution in [1.29, 1.82) is 0 Å². The van der Waals surface area contributed by atoms with Gasteiger partial charge in [0, 0.05) is 17.2 Å². The van der Waals surface area contributed by atoms with Gasteiger partial charge >= 0.3 is 0 Å². The maximum atomic E-state index is 11.8. The number of amides is 1. The lowest BCUT2D eigenvalue weighted by Gasteiger charge is -2.05. The van der Waals surface area contributed by atoms with Crippen molar-refractivity contribution in [2.24, 2.45) is 0 Å². The Bertz CT molecular complexity index is 526. The first-order chi connectivity index (χ1) is 9.25. The molecule has 0 saturated carbocycles. The van der Waals surface area contributed by atoms with Gasteiger partial charge in [0.2, 0.25) is 0 Å². The van der Waals surface area contributed by atoms with Gasteiger partial charge in [0.15, 0.2) is 0 Å². The van der Waals surface area contributed by atoms with Crippen LogP contribution in [0.2, 0.25) is 0 Å². The standard InChI is InChI=1S/C15H15BrN2O/c16-13-8-9-14(18-11-13)15(19)17-10-4-7-12-5-2-1-3-6-12/h1-3,5-6,8-9,11H,4,7,10H2,(H,17,19). The van der Waals surface area contributed by atoms with E-state index in [1.54, 1.807) is 12.3 Å². The summed E-state index contributed by atoms with van der Waals surface area (Å²) in [5.74, 6) is -0.124. The Labute approximate surface area is 121 Å². The number of aromatic nitrogens is 1. The molecule has 0 aliphatic carbocycles. The van der Waals surface area contributed by atoms with E-state index in [2.05, 4.69) is 38.4 Å². The smallest absolute Gasteiger partial charge is 0.269 e. The molecule has 0 aliphatic rings. The van der Waals surface area contributed by atoms with Crippen LogP contribution in [0.25, 0.3) is 0 Å². The number of carbonyl (C=O) groups excluding carboxylic acids is 1. The van der Waals surface area contributed by atoms with E-state index in [0.717, 1.165) is 17.3 Å². The molecule has 0 radical (unpaired) electrons. The number of benzene rings is 1. The summed E-state index contributed by atoms with van der Waals surface area (Å²) in [6, 6.07) is 13.8. The first kappa shape index (κ1) is 13.7. The first-order valence-corrected chi connectivity index (χ1v) is 6.99. The highest BCUT2D eigenvalue weighted by molar-refractivity contribution is 9.10. The number of aryl methyl sites for hydroxylation is 1. The third kappa shape index (κ3) is 4.48. The lowest BCUT2D eigenvalue weighted by Crippen LogP contribution is -2.25. The summed E-state index contributed by atoms with van der Waals surface area (Å²) in [6.07, 6.45) is 3.51. The zero-order chi connectivity index (χ0) is 13.5. The number of rotatable bonds is 5. The molecule has 0 fully saturated rings. The summed E-state index contributed by atoms with van der Waals surface area (Å²) in [5, 5.41) is 2.87. The van der Waals surface area contributed by atoms with Gasteiger partial charge in [-0.05, 0) is 46.5 Å². The van der Waals surface area contributed by atoms with E-state index in [1.165, 1.54) is 5.56 Å². The number of carbonyl (C=O) groups is 1. The van der Waals surface area contributed by atoms with Crippen LogP contribution in [-0.2, 0) is 6.42 Å². The van der Waals surface area contributed by atoms with E-state index in [4.69, 9.17) is 0 Å². The minimum atomic E-state index is -0.124. The first-order valence-electron chi connectivity index (χ1n) is 6.19. The second-order valence-electron chi connectivity index (χ2n) is 4.21. The normalized spacial score (nSPS) is 10.2. The molecule has 0 saturated heterocycles. The molecule has 0 aliphatic heterocycles. The van der Waals surface area contributed by atoms with Crippen LogP contribution < -0.4 is 5.32 Å². The topological polar surface area (TPSA) is 42.0 Å². The zero-order valence-corrected chi connectivity index (χ0v) is 12.1. The van der Waals surface area contributed by atoms with Gasteiger partial charge in [-0.2, -0.15) is 0 Å². The summed E-state index contributed by atoms with van der Waals surface area (Å²) in [7, 11) is 0. The molecule has 0 bridgehead atoms. The fourth-order valence-corrected chi connectivity index (χ4v) is 1.97. The van der Waals surface area contributed by atoms with Crippen molar-refractivity contribution in [1.82, 2.24) is 10.3 Å². The molecule has 2 rings (SSSR count). The van der Waals surface area contributed by atoms with Gasteiger partial charge in [0.05, 0.1) is 0 Å². The van der Waals surface area contributed by atoms with Gasteiger partial charge < -0.3 is 5.32 Å². The molecule has 1 aromatic carbocycles. The highest BCUT2D eigenvalue weighted by Crippen LogP contribution is 2.07. The van der Waals surface area contributed by atoms with Gasteiger partial charge in [0.1, 0.15) is 5.69 Å². The van der Waals surface area contributed by atoms with Crippen LogP contribution in [0.1, 0.15) is 22.5 Å². The molecule has 0 atom stereocenters. The maximum absolute atomic E-state index is 11.8. The highest BCUT2D eigenvalue weighted by Gasteiger charge is 2.05. The SMILES string of the molecule is O=C(NCCCc1ccccc1)c1ccc(Br)cn1. The van der Waals surface area contributed by atoms with Crippen molar-refractivity contribution in [3.63, 3.8) is 0 Å². The predicted molar refractivity (Wildman–Crippen MR) is 79.0 cm³/mol. The summed E-state index contributed by atoms with van der Waals surface area (Å²) < 4.78 is 0.869. The van der Waals surface area contributed by atoms with Crippen LogP contribution in [0.4, 0.5) is 0 Å². The van der Waals surface area contributed by atoms with Gasteiger partial charge in [-0.25, -0.2) is 4.98 Å². The number of halogens is 1. The Balaban J connectivity index is 1.74. The number of pyridine rings is 1. The Hall–Kier alpha value is -1.68. The van der Waals surface area contributed by atoms with E-state index < -0.39 is 0 Å². The minimum Gasteiger partial charge on any atom is -0.351 e. The average Bonchev–Trinajstić information content (AvgIpc) is 2.45. The van der Waals surface area contributed by atoms with Gasteiger partial charge in [-0.3, -0.25) is 4.79 Å². The second kappa shape index (κ2) is 7.04. The summed E-state index contributed by atoms with van der Waals surface area (Å²) in [4.78, 5) is 15.8. The van der Waals surface area contributed by atoms with Crippen LogP contribution in [-0.4, -0.2) is 17.4 Å². The van der Waals surface area contributed by atoms with Crippen molar-refractivity contribution >= 4 is 21.8 Å². The highest BCUT2D eigenvalue weighted by atomic mass is 79.9. The summed E-state index contributed by atoms with van der Waals surface area (Å²) in [6.45, 7) is 0.658. The lowest BCUT2D eigenvalue weighted by molar-refractivity contribution is 0.0948. The van der Waals surface area contributed by atoms with Crippen molar-refractivity contribution in [2.75, 3.05) is 6.54 Å². The Morgan fingerprint density at radius 2 is 1.95 bits per heavy atom. The third-order valence-corrected chi connectivity index (χ3v) is 3.20. The van der Waals surface area contributed by atoms with Crippen LogP contribution in [0.5, 0.6) is 0 Å². The van der Waals surface area contributed by atoms with Gasteiger partial charge in [-0.1, -0.05) is 30.3 Å². The Morgan fingerprint density at radius 3 is 2.63 bits per heavy atom. The molecule has 2 aromatic rings. The van der Waals surface area contributed by atoms with Crippen LogP contribution >= 0.6 is 15.9 Å². The molecule has 4 heteroatoms. The molecule has 1 amide bonds. The monoisotopic (exact) mass is 318 g/mol. The molecule has 1 heterocycles. The van der Waals surface area contributed by atoms with Gasteiger partial charge in [-0.15, -0.1) is 0 Å². The molecule has 98 valence electrons. The summed E-state index contributed by atoms with van der Waals surface area (Å²) in [5.41, 5.74) is 1.74. The molecular formula is C15H15BrN2O. The van der Waals surface area contributed by atoms with Gasteiger partial charge in [0.25, 0.3) is 5.91 Å². The second-order valence-corrected chi connectivity index (χ2v) is 5.12. The van der Waals surface area contributed by atoms with Crippen molar-refractivity contribution < 1.29 is 4.79 Å². The average molecular weight is 319 g/mol. The Kier molecular flexibility index (Phi) is 5.10. The summed E-state index contributed by atoms with van der Waals surface area (Å²) >= 11 is 3.29. The number of nitrogens with zero attached hydrogens (tertiary/aromatic N) is 1. The van der Waals surface area contributed by atoms with E-state index in [-0.39, 0.29) is 5.91 Å². The van der Waals surface area contributed by atoms with Crippen LogP contribution in [0, 0.1) is 0 Å². The van der Waals surface area contributed by atoms with Crippen LogP contribution in [0.3, 0.4) is 0 Å². The largest absolute Gasteiger partial charge is 0.351 e. The van der Waals surface area contributed by atoms with Crippen LogP contribution in [0.15, 0.2) is 53.1 Å². The third-order valence-electron chi connectivity index (χ3n) is 2.73.